The third kappa shape index (κ3) is 4.70. The van der Waals surface area contributed by atoms with Crippen LogP contribution in [0.1, 0.15) is 15.9 Å². The average molecular weight is 403 g/mol. The van der Waals surface area contributed by atoms with E-state index in [0.717, 1.165) is 5.56 Å². The Labute approximate surface area is 166 Å². The SMILES string of the molecule is COc1ccc(Cl)cc1NC(=O)c1ccc(=O)n(Cc2cccc(Cl)c2)c1. The van der Waals surface area contributed by atoms with Gasteiger partial charge in [-0.25, -0.2) is 0 Å². The number of nitrogens with zero attached hydrogens (tertiary/aromatic N) is 1. The van der Waals surface area contributed by atoms with Gasteiger partial charge in [0.05, 0.1) is 24.9 Å². The molecule has 0 radical (unpaired) electrons. The molecule has 3 aromatic rings. The predicted octanol–water partition coefficient (Wildman–Crippen LogP) is 4.46. The van der Waals surface area contributed by atoms with E-state index in [-0.39, 0.29) is 11.5 Å². The van der Waals surface area contributed by atoms with E-state index in [2.05, 4.69) is 5.32 Å². The molecule has 0 aliphatic heterocycles. The summed E-state index contributed by atoms with van der Waals surface area (Å²) in [6.07, 6.45) is 1.51. The normalized spacial score (nSPS) is 10.5. The molecule has 138 valence electrons. The molecular formula is C20H16Cl2N2O3. The molecule has 0 atom stereocenters. The number of hydrogen-bond donors (Lipinski definition) is 1. The smallest absolute Gasteiger partial charge is 0.257 e. The Kier molecular flexibility index (Phi) is 5.84. The summed E-state index contributed by atoms with van der Waals surface area (Å²) < 4.78 is 6.68. The van der Waals surface area contributed by atoms with Gasteiger partial charge in [-0.05, 0) is 42.0 Å². The van der Waals surface area contributed by atoms with Crippen molar-refractivity contribution < 1.29 is 9.53 Å². The molecule has 0 saturated heterocycles. The molecule has 2 aromatic carbocycles. The Bertz CT molecular complexity index is 1050. The first-order chi connectivity index (χ1) is 13.0. The first kappa shape index (κ1) is 19.0. The van der Waals surface area contributed by atoms with Crippen LogP contribution in [-0.4, -0.2) is 17.6 Å². The van der Waals surface area contributed by atoms with Crippen molar-refractivity contribution in [2.45, 2.75) is 6.54 Å². The second-order valence-corrected chi connectivity index (χ2v) is 6.69. The number of halogens is 2. The van der Waals surface area contributed by atoms with E-state index in [1.54, 1.807) is 30.3 Å². The van der Waals surface area contributed by atoms with Gasteiger partial charge >= 0.3 is 0 Å². The van der Waals surface area contributed by atoms with Crippen molar-refractivity contribution >= 4 is 34.8 Å². The molecule has 0 fully saturated rings. The second-order valence-electron chi connectivity index (χ2n) is 5.81. The molecule has 7 heteroatoms. The highest BCUT2D eigenvalue weighted by Gasteiger charge is 2.12. The molecule has 1 N–H and O–H groups in total. The molecule has 27 heavy (non-hydrogen) atoms. The third-order valence-electron chi connectivity index (χ3n) is 3.90. The summed E-state index contributed by atoms with van der Waals surface area (Å²) in [6, 6.07) is 15.0. The quantitative estimate of drug-likeness (QED) is 0.684. The van der Waals surface area contributed by atoms with Crippen LogP contribution in [0.15, 0.2) is 65.6 Å². The number of carbonyl (C=O) groups excluding carboxylic acids is 1. The Hall–Kier alpha value is -2.76. The molecule has 3 rings (SSSR count). The fraction of sp³-hybridized carbons (Fsp3) is 0.100. The van der Waals surface area contributed by atoms with Crippen molar-refractivity contribution in [3.8, 4) is 5.75 Å². The maximum atomic E-state index is 12.6. The number of hydrogen-bond acceptors (Lipinski definition) is 3. The summed E-state index contributed by atoms with van der Waals surface area (Å²) in [5.74, 6) is 0.107. The Morgan fingerprint density at radius 1 is 1.07 bits per heavy atom. The molecule has 1 amide bonds. The summed E-state index contributed by atoms with van der Waals surface area (Å²) in [4.78, 5) is 24.8. The highest BCUT2D eigenvalue weighted by Crippen LogP contribution is 2.28. The molecule has 1 heterocycles. The van der Waals surface area contributed by atoms with Gasteiger partial charge in [0, 0.05) is 22.3 Å². The highest BCUT2D eigenvalue weighted by molar-refractivity contribution is 6.31. The number of carbonyl (C=O) groups is 1. The maximum absolute atomic E-state index is 12.6. The second kappa shape index (κ2) is 8.29. The lowest BCUT2D eigenvalue weighted by Gasteiger charge is -2.12. The summed E-state index contributed by atoms with van der Waals surface area (Å²) in [7, 11) is 1.50. The largest absolute Gasteiger partial charge is 0.495 e. The number of pyridine rings is 1. The van der Waals surface area contributed by atoms with Crippen LogP contribution >= 0.6 is 23.2 Å². The molecule has 0 unspecified atom stereocenters. The van der Waals surface area contributed by atoms with E-state index in [0.29, 0.717) is 33.6 Å². The average Bonchev–Trinajstić information content (AvgIpc) is 2.64. The molecule has 0 aliphatic carbocycles. The van der Waals surface area contributed by atoms with Crippen LogP contribution in [0.25, 0.3) is 0 Å². The number of amides is 1. The van der Waals surface area contributed by atoms with Gasteiger partial charge in [-0.1, -0.05) is 35.3 Å². The van der Waals surface area contributed by atoms with Gasteiger partial charge in [-0.15, -0.1) is 0 Å². The van der Waals surface area contributed by atoms with Crippen molar-refractivity contribution in [1.29, 1.82) is 0 Å². The first-order valence-corrected chi connectivity index (χ1v) is 8.81. The highest BCUT2D eigenvalue weighted by atomic mass is 35.5. The number of benzene rings is 2. The number of methoxy groups -OCH3 is 1. The van der Waals surface area contributed by atoms with Gasteiger partial charge in [-0.2, -0.15) is 0 Å². The third-order valence-corrected chi connectivity index (χ3v) is 4.37. The van der Waals surface area contributed by atoms with Crippen molar-refractivity contribution in [2.75, 3.05) is 12.4 Å². The molecule has 1 aromatic heterocycles. The van der Waals surface area contributed by atoms with Crippen LogP contribution in [0.4, 0.5) is 5.69 Å². The van der Waals surface area contributed by atoms with Crippen LogP contribution in [0.3, 0.4) is 0 Å². The molecule has 0 spiro atoms. The monoisotopic (exact) mass is 402 g/mol. The van der Waals surface area contributed by atoms with Crippen molar-refractivity contribution in [3.63, 3.8) is 0 Å². The molecule has 0 saturated carbocycles. The van der Waals surface area contributed by atoms with Crippen LogP contribution < -0.4 is 15.6 Å². The first-order valence-electron chi connectivity index (χ1n) is 8.06. The van der Waals surface area contributed by atoms with Gasteiger partial charge in [0.1, 0.15) is 5.75 Å². The van der Waals surface area contributed by atoms with Gasteiger partial charge in [0.15, 0.2) is 0 Å². The molecular weight excluding hydrogens is 387 g/mol. The number of rotatable bonds is 5. The summed E-state index contributed by atoms with van der Waals surface area (Å²) in [6.45, 7) is 0.307. The zero-order valence-corrected chi connectivity index (χ0v) is 15.9. The van der Waals surface area contributed by atoms with Crippen LogP contribution in [0.2, 0.25) is 10.0 Å². The minimum Gasteiger partial charge on any atom is -0.495 e. The number of nitrogens with one attached hydrogen (secondary N) is 1. The fourth-order valence-electron chi connectivity index (χ4n) is 2.59. The van der Waals surface area contributed by atoms with Crippen LogP contribution in [-0.2, 0) is 6.54 Å². The maximum Gasteiger partial charge on any atom is 0.257 e. The van der Waals surface area contributed by atoms with Crippen LogP contribution in [0, 0.1) is 0 Å². The Morgan fingerprint density at radius 3 is 2.59 bits per heavy atom. The fourth-order valence-corrected chi connectivity index (χ4v) is 2.98. The molecule has 0 bridgehead atoms. The van der Waals surface area contributed by atoms with Gasteiger partial charge in [-0.3, -0.25) is 9.59 Å². The van der Waals surface area contributed by atoms with Gasteiger partial charge < -0.3 is 14.6 Å². The van der Waals surface area contributed by atoms with E-state index in [9.17, 15) is 9.59 Å². The van der Waals surface area contributed by atoms with Crippen molar-refractivity contribution in [1.82, 2.24) is 4.57 Å². The van der Waals surface area contributed by atoms with Gasteiger partial charge in [0.25, 0.3) is 11.5 Å². The van der Waals surface area contributed by atoms with E-state index in [1.165, 1.54) is 30.0 Å². The summed E-state index contributed by atoms with van der Waals surface area (Å²) >= 11 is 12.0. The number of anilines is 1. The zero-order chi connectivity index (χ0) is 19.4. The van der Waals surface area contributed by atoms with Gasteiger partial charge in [0.2, 0.25) is 0 Å². The Morgan fingerprint density at radius 2 is 1.85 bits per heavy atom. The molecule has 5 nitrogen and oxygen atoms in total. The van der Waals surface area contributed by atoms with E-state index in [1.807, 2.05) is 12.1 Å². The minimum atomic E-state index is -0.379. The van der Waals surface area contributed by atoms with E-state index < -0.39 is 0 Å². The lowest BCUT2D eigenvalue weighted by Crippen LogP contribution is -2.22. The Balaban J connectivity index is 1.86. The number of aromatic nitrogens is 1. The summed E-state index contributed by atoms with van der Waals surface area (Å²) in [5.41, 5.74) is 1.42. The lowest BCUT2D eigenvalue weighted by molar-refractivity contribution is 0.102. The zero-order valence-electron chi connectivity index (χ0n) is 14.4. The predicted molar refractivity (Wildman–Crippen MR) is 107 cm³/mol. The van der Waals surface area contributed by atoms with Crippen molar-refractivity contribution in [3.05, 3.63) is 92.3 Å². The number of ether oxygens (including phenoxy) is 1. The van der Waals surface area contributed by atoms with E-state index >= 15 is 0 Å². The molecule has 0 aliphatic rings. The minimum absolute atomic E-state index is 0.216. The van der Waals surface area contributed by atoms with Crippen molar-refractivity contribution in [2.24, 2.45) is 0 Å². The lowest BCUT2D eigenvalue weighted by atomic mass is 10.2. The van der Waals surface area contributed by atoms with Crippen LogP contribution in [0.5, 0.6) is 5.75 Å². The topological polar surface area (TPSA) is 60.3 Å². The summed E-state index contributed by atoms with van der Waals surface area (Å²) in [5, 5.41) is 3.81. The standard InChI is InChI=1S/C20H16Cl2N2O3/c1-27-18-7-6-16(22)10-17(18)23-20(26)14-5-8-19(25)24(12-14)11-13-3-2-4-15(21)9-13/h2-10,12H,11H2,1H3,(H,23,26). The van der Waals surface area contributed by atoms with E-state index in [4.69, 9.17) is 27.9 Å².